The lowest BCUT2D eigenvalue weighted by molar-refractivity contribution is 0.0839. The highest BCUT2D eigenvalue weighted by atomic mass is 19.1. The monoisotopic (exact) mass is 409 g/mol. The number of Topliss-reactive ketones (excluding diaryl/α,β-unsaturated/α-hetero) is 1. The molecular weight excluding hydrogens is 385 g/mol. The van der Waals surface area contributed by atoms with E-state index in [9.17, 15) is 14.0 Å². The Morgan fingerprint density at radius 1 is 1.17 bits per heavy atom. The van der Waals surface area contributed by atoms with Gasteiger partial charge in [-0.25, -0.2) is 4.39 Å². The van der Waals surface area contributed by atoms with Crippen LogP contribution in [0.2, 0.25) is 0 Å². The van der Waals surface area contributed by atoms with Crippen LogP contribution in [-0.2, 0) is 0 Å². The van der Waals surface area contributed by atoms with Gasteiger partial charge < -0.3 is 15.0 Å². The first-order chi connectivity index (χ1) is 14.5. The second-order valence-electron chi connectivity index (χ2n) is 7.27. The number of piperidine rings is 1. The molecule has 1 amide bonds. The third-order valence-corrected chi connectivity index (χ3v) is 5.38. The van der Waals surface area contributed by atoms with Crippen LogP contribution < -0.4 is 10.1 Å². The van der Waals surface area contributed by atoms with Crippen LogP contribution in [0.3, 0.4) is 0 Å². The fourth-order valence-corrected chi connectivity index (χ4v) is 3.63. The molecule has 1 heterocycles. The van der Waals surface area contributed by atoms with Crippen molar-refractivity contribution >= 4 is 11.7 Å². The van der Waals surface area contributed by atoms with Crippen molar-refractivity contribution in [2.24, 2.45) is 5.92 Å². The van der Waals surface area contributed by atoms with E-state index in [1.807, 2.05) is 6.07 Å². The number of likely N-dealkylation sites (tertiary alicyclic amines) is 1. The zero-order chi connectivity index (χ0) is 21.5. The van der Waals surface area contributed by atoms with Crippen molar-refractivity contribution < 1.29 is 18.7 Å². The maximum atomic E-state index is 13.0. The SMILES string of the molecule is COc1ccc(C(=O)NCCN2CCC(C(=O)c3ccc(F)cc3)CC2)cc1C#N. The quantitative estimate of drug-likeness (QED) is 0.711. The summed E-state index contributed by atoms with van der Waals surface area (Å²) in [6, 6.07) is 12.5. The van der Waals surface area contributed by atoms with Gasteiger partial charge in [0.25, 0.3) is 5.91 Å². The molecular formula is C23H24FN3O3. The van der Waals surface area contributed by atoms with E-state index in [0.717, 1.165) is 25.9 Å². The predicted octanol–water partition coefficient (Wildman–Crippen LogP) is 3.03. The summed E-state index contributed by atoms with van der Waals surface area (Å²) in [4.78, 5) is 27.1. The second kappa shape index (κ2) is 9.99. The Kier molecular flexibility index (Phi) is 7.15. The van der Waals surface area contributed by atoms with E-state index in [0.29, 0.717) is 35.5 Å². The third kappa shape index (κ3) is 5.22. The van der Waals surface area contributed by atoms with Crippen molar-refractivity contribution in [3.63, 3.8) is 0 Å². The van der Waals surface area contributed by atoms with Gasteiger partial charge in [-0.05, 0) is 68.4 Å². The van der Waals surface area contributed by atoms with E-state index < -0.39 is 0 Å². The molecule has 0 aromatic heterocycles. The number of ether oxygens (including phenoxy) is 1. The minimum Gasteiger partial charge on any atom is -0.495 e. The van der Waals surface area contributed by atoms with E-state index in [1.54, 1.807) is 12.1 Å². The number of ketones is 1. The molecule has 1 aliphatic heterocycles. The normalized spacial score (nSPS) is 14.7. The first-order valence-electron chi connectivity index (χ1n) is 9.90. The minimum absolute atomic E-state index is 0.0509. The molecule has 0 spiro atoms. The van der Waals surface area contributed by atoms with Gasteiger partial charge in [-0.15, -0.1) is 0 Å². The zero-order valence-corrected chi connectivity index (χ0v) is 16.9. The number of methoxy groups -OCH3 is 1. The van der Waals surface area contributed by atoms with Crippen LogP contribution in [0.5, 0.6) is 5.75 Å². The second-order valence-corrected chi connectivity index (χ2v) is 7.27. The molecule has 2 aromatic rings. The standard InChI is InChI=1S/C23H24FN3O3/c1-30-21-7-4-18(14-19(21)15-25)23(29)26-10-13-27-11-8-17(9-12-27)22(28)16-2-5-20(24)6-3-16/h2-7,14,17H,8-13H2,1H3,(H,26,29). The number of benzene rings is 2. The molecule has 6 nitrogen and oxygen atoms in total. The van der Waals surface area contributed by atoms with Crippen molar-refractivity contribution in [3.8, 4) is 11.8 Å². The summed E-state index contributed by atoms with van der Waals surface area (Å²) < 4.78 is 18.1. The van der Waals surface area contributed by atoms with Crippen LogP contribution in [0.4, 0.5) is 4.39 Å². The molecule has 2 aromatic carbocycles. The number of nitrogens with one attached hydrogen (secondary N) is 1. The lowest BCUT2D eigenvalue weighted by atomic mass is 9.89. The molecule has 1 fully saturated rings. The van der Waals surface area contributed by atoms with Crippen LogP contribution >= 0.6 is 0 Å². The topological polar surface area (TPSA) is 82.4 Å². The Morgan fingerprint density at radius 2 is 1.83 bits per heavy atom. The average Bonchev–Trinajstić information content (AvgIpc) is 2.79. The van der Waals surface area contributed by atoms with Crippen LogP contribution in [-0.4, -0.2) is 49.9 Å². The van der Waals surface area contributed by atoms with Gasteiger partial charge in [0.2, 0.25) is 0 Å². The molecule has 0 radical (unpaired) electrons. The first-order valence-corrected chi connectivity index (χ1v) is 9.90. The van der Waals surface area contributed by atoms with E-state index in [4.69, 9.17) is 10.00 Å². The molecule has 1 saturated heterocycles. The van der Waals surface area contributed by atoms with Gasteiger partial charge in [0.15, 0.2) is 5.78 Å². The summed E-state index contributed by atoms with van der Waals surface area (Å²) in [5, 5.41) is 12.0. The fourth-order valence-electron chi connectivity index (χ4n) is 3.63. The number of amides is 1. The summed E-state index contributed by atoms with van der Waals surface area (Å²) in [6.07, 6.45) is 1.49. The molecule has 0 aliphatic carbocycles. The molecule has 3 rings (SSSR count). The molecule has 0 bridgehead atoms. The number of carbonyl (C=O) groups is 2. The maximum absolute atomic E-state index is 13.0. The van der Waals surface area contributed by atoms with E-state index >= 15 is 0 Å². The lowest BCUT2D eigenvalue weighted by Crippen LogP contribution is -2.41. The highest BCUT2D eigenvalue weighted by molar-refractivity contribution is 5.98. The van der Waals surface area contributed by atoms with Crippen LogP contribution in [0, 0.1) is 23.1 Å². The fraction of sp³-hybridized carbons (Fsp3) is 0.348. The number of hydrogen-bond acceptors (Lipinski definition) is 5. The average molecular weight is 409 g/mol. The Labute approximate surface area is 175 Å². The van der Waals surface area contributed by atoms with E-state index in [2.05, 4.69) is 10.2 Å². The van der Waals surface area contributed by atoms with Crippen molar-refractivity contribution in [2.75, 3.05) is 33.3 Å². The maximum Gasteiger partial charge on any atom is 0.251 e. The highest BCUT2D eigenvalue weighted by Crippen LogP contribution is 2.22. The number of rotatable bonds is 7. The predicted molar refractivity (Wildman–Crippen MR) is 110 cm³/mol. The largest absolute Gasteiger partial charge is 0.495 e. The lowest BCUT2D eigenvalue weighted by Gasteiger charge is -2.31. The van der Waals surface area contributed by atoms with Gasteiger partial charge in [0.1, 0.15) is 17.6 Å². The summed E-state index contributed by atoms with van der Waals surface area (Å²) in [5.41, 5.74) is 1.28. The summed E-state index contributed by atoms with van der Waals surface area (Å²) in [5.74, 6) is -0.134. The van der Waals surface area contributed by atoms with Gasteiger partial charge >= 0.3 is 0 Å². The van der Waals surface area contributed by atoms with Gasteiger partial charge in [-0.2, -0.15) is 5.26 Å². The zero-order valence-electron chi connectivity index (χ0n) is 16.9. The Balaban J connectivity index is 1.44. The van der Waals surface area contributed by atoms with Gasteiger partial charge in [0, 0.05) is 30.1 Å². The molecule has 0 unspecified atom stereocenters. The van der Waals surface area contributed by atoms with Crippen LogP contribution in [0.15, 0.2) is 42.5 Å². The number of hydrogen-bond donors (Lipinski definition) is 1. The van der Waals surface area contributed by atoms with Crippen LogP contribution in [0.1, 0.15) is 39.1 Å². The Morgan fingerprint density at radius 3 is 2.47 bits per heavy atom. The van der Waals surface area contributed by atoms with E-state index in [1.165, 1.54) is 37.4 Å². The number of halogens is 1. The number of carbonyl (C=O) groups excluding carboxylic acids is 2. The molecule has 0 saturated carbocycles. The molecule has 156 valence electrons. The molecule has 30 heavy (non-hydrogen) atoms. The van der Waals surface area contributed by atoms with Gasteiger partial charge in [0.05, 0.1) is 12.7 Å². The van der Waals surface area contributed by atoms with Gasteiger partial charge in [-0.3, -0.25) is 9.59 Å². The van der Waals surface area contributed by atoms with Crippen molar-refractivity contribution in [1.29, 1.82) is 5.26 Å². The molecule has 1 N–H and O–H groups in total. The third-order valence-electron chi connectivity index (χ3n) is 5.38. The minimum atomic E-state index is -0.345. The molecule has 0 atom stereocenters. The van der Waals surface area contributed by atoms with Crippen LogP contribution in [0.25, 0.3) is 0 Å². The van der Waals surface area contributed by atoms with Gasteiger partial charge in [-0.1, -0.05) is 0 Å². The summed E-state index contributed by atoms with van der Waals surface area (Å²) in [6.45, 7) is 2.71. The Hall–Kier alpha value is -3.24. The number of nitrogens with zero attached hydrogens (tertiary/aromatic N) is 2. The summed E-state index contributed by atoms with van der Waals surface area (Å²) in [7, 11) is 1.48. The number of nitriles is 1. The smallest absolute Gasteiger partial charge is 0.251 e. The Bertz CT molecular complexity index is 945. The van der Waals surface area contributed by atoms with Crippen molar-refractivity contribution in [3.05, 3.63) is 65.0 Å². The first kappa shape index (κ1) is 21.5. The van der Waals surface area contributed by atoms with E-state index in [-0.39, 0.29) is 23.4 Å². The summed E-state index contributed by atoms with van der Waals surface area (Å²) >= 11 is 0. The molecule has 1 aliphatic rings. The molecule has 7 heteroatoms. The van der Waals surface area contributed by atoms with Crippen molar-refractivity contribution in [1.82, 2.24) is 10.2 Å². The van der Waals surface area contributed by atoms with Crippen molar-refractivity contribution in [2.45, 2.75) is 12.8 Å². The highest BCUT2D eigenvalue weighted by Gasteiger charge is 2.25.